The van der Waals surface area contributed by atoms with Crippen molar-refractivity contribution < 1.29 is 9.53 Å². The number of ether oxygens (including phenoxy) is 1. The van der Waals surface area contributed by atoms with E-state index in [1.54, 1.807) is 36.3 Å². The van der Waals surface area contributed by atoms with E-state index in [9.17, 15) is 4.79 Å². The van der Waals surface area contributed by atoms with Crippen LogP contribution in [-0.2, 0) is 4.74 Å². The molecular weight excluding hydrogens is 374 g/mol. The van der Waals surface area contributed by atoms with Gasteiger partial charge in [0.05, 0.1) is 25.1 Å². The van der Waals surface area contributed by atoms with Crippen LogP contribution in [0.1, 0.15) is 10.4 Å². The monoisotopic (exact) mass is 395 g/mol. The summed E-state index contributed by atoms with van der Waals surface area (Å²) in [6, 6.07) is 11.2. The zero-order valence-electron chi connectivity index (χ0n) is 15.5. The molecule has 4 rings (SSSR count). The standard InChI is InChI=1S/C20H21N5O2S/c1-28-20-21-8-9-25(20)16-4-2-15(3-5-16)19(26)23-18-7-6-17(14-22-18)24-10-12-27-13-11-24/h2-9,14H,10-13H2,1H3,(H,22,23,26). The summed E-state index contributed by atoms with van der Waals surface area (Å²) in [4.78, 5) is 23.4. The number of carbonyl (C=O) groups excluding carboxylic acids is 1. The number of carbonyl (C=O) groups is 1. The van der Waals surface area contributed by atoms with E-state index in [0.717, 1.165) is 42.8 Å². The normalized spacial score (nSPS) is 14.1. The Hall–Kier alpha value is -2.84. The van der Waals surface area contributed by atoms with Crippen LogP contribution in [-0.4, -0.2) is 53.0 Å². The van der Waals surface area contributed by atoms with E-state index in [1.165, 1.54) is 0 Å². The summed E-state index contributed by atoms with van der Waals surface area (Å²) < 4.78 is 7.35. The Kier molecular flexibility index (Phi) is 5.59. The van der Waals surface area contributed by atoms with Gasteiger partial charge in [-0.15, -0.1) is 0 Å². The van der Waals surface area contributed by atoms with E-state index in [1.807, 2.05) is 41.3 Å². The molecule has 0 atom stereocenters. The third-order valence-corrected chi connectivity index (χ3v) is 5.23. The first-order chi connectivity index (χ1) is 13.7. The molecule has 7 nitrogen and oxygen atoms in total. The van der Waals surface area contributed by atoms with Crippen molar-refractivity contribution in [3.05, 3.63) is 60.6 Å². The smallest absolute Gasteiger partial charge is 0.256 e. The van der Waals surface area contributed by atoms with E-state index >= 15 is 0 Å². The average molecular weight is 395 g/mol. The molecule has 0 saturated carbocycles. The van der Waals surface area contributed by atoms with Crippen molar-refractivity contribution in [2.45, 2.75) is 5.16 Å². The van der Waals surface area contributed by atoms with Crippen molar-refractivity contribution in [2.24, 2.45) is 0 Å². The van der Waals surface area contributed by atoms with Crippen molar-refractivity contribution in [1.29, 1.82) is 0 Å². The number of anilines is 2. The van der Waals surface area contributed by atoms with Crippen molar-refractivity contribution in [2.75, 3.05) is 42.8 Å². The van der Waals surface area contributed by atoms with E-state index in [2.05, 4.69) is 20.2 Å². The summed E-state index contributed by atoms with van der Waals surface area (Å²) >= 11 is 1.57. The number of pyridine rings is 1. The fourth-order valence-corrected chi connectivity index (χ4v) is 3.60. The predicted octanol–water partition coefficient (Wildman–Crippen LogP) is 3.08. The van der Waals surface area contributed by atoms with Gasteiger partial charge in [-0.3, -0.25) is 9.36 Å². The maximum atomic E-state index is 12.5. The summed E-state index contributed by atoms with van der Waals surface area (Å²) in [5.74, 6) is 0.347. The van der Waals surface area contributed by atoms with E-state index in [-0.39, 0.29) is 5.91 Å². The van der Waals surface area contributed by atoms with Crippen LogP contribution in [0.4, 0.5) is 11.5 Å². The van der Waals surface area contributed by atoms with E-state index in [0.29, 0.717) is 11.4 Å². The fourth-order valence-electron chi connectivity index (χ4n) is 3.07. The molecule has 144 valence electrons. The second-order valence-electron chi connectivity index (χ2n) is 6.29. The summed E-state index contributed by atoms with van der Waals surface area (Å²) in [6.45, 7) is 3.17. The number of amides is 1. The first-order valence-corrected chi connectivity index (χ1v) is 10.2. The lowest BCUT2D eigenvalue weighted by atomic mass is 10.2. The molecule has 0 aliphatic carbocycles. The molecule has 28 heavy (non-hydrogen) atoms. The van der Waals surface area contributed by atoms with E-state index in [4.69, 9.17) is 4.74 Å². The molecule has 1 fully saturated rings. The van der Waals surface area contributed by atoms with Gasteiger partial charge in [0.1, 0.15) is 5.82 Å². The van der Waals surface area contributed by atoms with Crippen LogP contribution < -0.4 is 10.2 Å². The number of hydrogen-bond donors (Lipinski definition) is 1. The third-order valence-electron chi connectivity index (χ3n) is 4.56. The largest absolute Gasteiger partial charge is 0.378 e. The van der Waals surface area contributed by atoms with Gasteiger partial charge in [0.25, 0.3) is 5.91 Å². The van der Waals surface area contributed by atoms with Gasteiger partial charge in [-0.1, -0.05) is 11.8 Å². The van der Waals surface area contributed by atoms with Crippen molar-refractivity contribution in [1.82, 2.24) is 14.5 Å². The van der Waals surface area contributed by atoms with E-state index < -0.39 is 0 Å². The molecule has 8 heteroatoms. The molecule has 1 aromatic carbocycles. The number of morpholine rings is 1. The molecule has 1 aliphatic rings. The van der Waals surface area contributed by atoms with Gasteiger partial charge in [0, 0.05) is 36.7 Å². The fraction of sp³-hybridized carbons (Fsp3) is 0.250. The number of nitrogens with one attached hydrogen (secondary N) is 1. The van der Waals surface area contributed by atoms with Crippen molar-refractivity contribution >= 4 is 29.2 Å². The Balaban J connectivity index is 1.42. The number of hydrogen-bond acceptors (Lipinski definition) is 6. The Labute approximate surface area is 167 Å². The molecular formula is C20H21N5O2S. The maximum Gasteiger partial charge on any atom is 0.256 e. The Morgan fingerprint density at radius 1 is 1.07 bits per heavy atom. The van der Waals surface area contributed by atoms with Gasteiger partial charge < -0.3 is 15.0 Å². The quantitative estimate of drug-likeness (QED) is 0.670. The summed E-state index contributed by atoms with van der Waals surface area (Å²) in [5, 5.41) is 3.75. The van der Waals surface area contributed by atoms with Crippen LogP contribution in [0.15, 0.2) is 60.1 Å². The van der Waals surface area contributed by atoms with Gasteiger partial charge in [-0.05, 0) is 42.7 Å². The molecule has 2 aromatic heterocycles. The minimum atomic E-state index is -0.186. The van der Waals surface area contributed by atoms with Gasteiger partial charge in [-0.25, -0.2) is 9.97 Å². The first-order valence-electron chi connectivity index (χ1n) is 9.02. The molecule has 0 spiro atoms. The van der Waals surface area contributed by atoms with Gasteiger partial charge in [-0.2, -0.15) is 0 Å². The summed E-state index contributed by atoms with van der Waals surface area (Å²) in [7, 11) is 0. The highest BCUT2D eigenvalue weighted by Gasteiger charge is 2.12. The first kappa shape index (κ1) is 18.5. The van der Waals surface area contributed by atoms with Crippen LogP contribution in [0, 0.1) is 0 Å². The molecule has 1 saturated heterocycles. The molecule has 1 aliphatic heterocycles. The van der Waals surface area contributed by atoms with Crippen LogP contribution in [0.3, 0.4) is 0 Å². The van der Waals surface area contributed by atoms with Crippen LogP contribution in [0.2, 0.25) is 0 Å². The topological polar surface area (TPSA) is 72.3 Å². The number of aromatic nitrogens is 3. The predicted molar refractivity (Wildman–Crippen MR) is 111 cm³/mol. The highest BCUT2D eigenvalue weighted by molar-refractivity contribution is 7.98. The zero-order valence-corrected chi connectivity index (χ0v) is 16.4. The summed E-state index contributed by atoms with van der Waals surface area (Å²) in [6.07, 6.45) is 7.44. The minimum Gasteiger partial charge on any atom is -0.378 e. The highest BCUT2D eigenvalue weighted by Crippen LogP contribution is 2.20. The number of nitrogens with zero attached hydrogens (tertiary/aromatic N) is 4. The van der Waals surface area contributed by atoms with Crippen molar-refractivity contribution in [3.8, 4) is 5.69 Å². The van der Waals surface area contributed by atoms with Crippen molar-refractivity contribution in [3.63, 3.8) is 0 Å². The highest BCUT2D eigenvalue weighted by atomic mass is 32.2. The summed E-state index contributed by atoms with van der Waals surface area (Å²) in [5.41, 5.74) is 2.58. The lowest BCUT2D eigenvalue weighted by Crippen LogP contribution is -2.36. The number of benzene rings is 1. The Morgan fingerprint density at radius 3 is 2.50 bits per heavy atom. The van der Waals surface area contributed by atoms with Gasteiger partial charge in [0.2, 0.25) is 0 Å². The van der Waals surface area contributed by atoms with Gasteiger partial charge in [0.15, 0.2) is 5.16 Å². The third kappa shape index (κ3) is 4.02. The van der Waals surface area contributed by atoms with Crippen LogP contribution in [0.25, 0.3) is 5.69 Å². The zero-order chi connectivity index (χ0) is 19.3. The van der Waals surface area contributed by atoms with Crippen LogP contribution in [0.5, 0.6) is 0 Å². The molecule has 0 unspecified atom stereocenters. The van der Waals surface area contributed by atoms with Crippen LogP contribution >= 0.6 is 11.8 Å². The number of rotatable bonds is 5. The van der Waals surface area contributed by atoms with Gasteiger partial charge >= 0.3 is 0 Å². The Morgan fingerprint density at radius 2 is 1.82 bits per heavy atom. The maximum absolute atomic E-state index is 12.5. The molecule has 1 amide bonds. The molecule has 0 bridgehead atoms. The molecule has 0 radical (unpaired) electrons. The average Bonchev–Trinajstić information content (AvgIpc) is 3.24. The SMILES string of the molecule is CSc1nccn1-c1ccc(C(=O)Nc2ccc(N3CCOCC3)cn2)cc1. The lowest BCUT2D eigenvalue weighted by Gasteiger charge is -2.28. The number of thioether (sulfide) groups is 1. The second-order valence-corrected chi connectivity index (χ2v) is 7.06. The molecule has 3 heterocycles. The number of imidazole rings is 1. The molecule has 3 aromatic rings. The lowest BCUT2D eigenvalue weighted by molar-refractivity contribution is 0.102. The second kappa shape index (κ2) is 8.45. The molecule has 1 N–H and O–H groups in total. The Bertz CT molecular complexity index is 934. The minimum absolute atomic E-state index is 0.186.